The Morgan fingerprint density at radius 1 is 1.13 bits per heavy atom. The zero-order valence-electron chi connectivity index (χ0n) is 13.6. The van der Waals surface area contributed by atoms with Gasteiger partial charge in [0, 0.05) is 6.54 Å². The van der Waals surface area contributed by atoms with Gasteiger partial charge < -0.3 is 10.1 Å². The number of rotatable bonds is 6. The van der Waals surface area contributed by atoms with Gasteiger partial charge in [-0.25, -0.2) is 9.80 Å². The lowest BCUT2D eigenvalue weighted by atomic mass is 9.89. The van der Waals surface area contributed by atoms with Crippen LogP contribution in [0.4, 0.5) is 4.79 Å². The van der Waals surface area contributed by atoms with Crippen molar-refractivity contribution in [3.8, 4) is 0 Å². The lowest BCUT2D eigenvalue weighted by molar-refractivity contribution is 0.0863. The molecule has 0 radical (unpaired) electrons. The number of nitrogens with one attached hydrogen (secondary N) is 1. The van der Waals surface area contributed by atoms with Crippen LogP contribution >= 0.6 is 0 Å². The predicted molar refractivity (Wildman–Crippen MR) is 89.7 cm³/mol. The van der Waals surface area contributed by atoms with Crippen LogP contribution in [0, 0.1) is 5.92 Å². The number of ether oxygens (including phenoxy) is 1. The minimum atomic E-state index is -0.331. The first-order valence-electron chi connectivity index (χ1n) is 8.71. The van der Waals surface area contributed by atoms with E-state index in [1.54, 1.807) is 0 Å². The fourth-order valence-corrected chi connectivity index (χ4v) is 3.72. The zero-order chi connectivity index (χ0) is 16.1. The van der Waals surface area contributed by atoms with Gasteiger partial charge in [0.05, 0.1) is 12.6 Å². The average Bonchev–Trinajstić information content (AvgIpc) is 2.88. The van der Waals surface area contributed by atoms with Crippen molar-refractivity contribution in [1.82, 2.24) is 10.3 Å². The molecule has 5 heteroatoms. The van der Waals surface area contributed by atoms with Crippen LogP contribution < -0.4 is 11.2 Å². The summed E-state index contributed by atoms with van der Waals surface area (Å²) in [5.41, 5.74) is 1.20. The number of cyclic esters (lactones) is 1. The molecule has 126 valence electrons. The van der Waals surface area contributed by atoms with E-state index >= 15 is 0 Å². The Morgan fingerprint density at radius 3 is 2.61 bits per heavy atom. The molecule has 3 rings (SSSR count). The van der Waals surface area contributed by atoms with Gasteiger partial charge >= 0.3 is 6.09 Å². The second-order valence-electron chi connectivity index (χ2n) is 6.84. The molecule has 1 saturated heterocycles. The van der Waals surface area contributed by atoms with Gasteiger partial charge in [0.25, 0.3) is 0 Å². The van der Waals surface area contributed by atoms with E-state index in [2.05, 4.69) is 17.4 Å². The van der Waals surface area contributed by atoms with E-state index < -0.39 is 0 Å². The summed E-state index contributed by atoms with van der Waals surface area (Å²) >= 11 is 0. The lowest BCUT2D eigenvalue weighted by Gasteiger charge is -2.28. The molecule has 23 heavy (non-hydrogen) atoms. The molecule has 2 fully saturated rings. The first-order valence-corrected chi connectivity index (χ1v) is 8.71. The Labute approximate surface area is 138 Å². The number of hydrazine groups is 1. The quantitative estimate of drug-likeness (QED) is 0.625. The van der Waals surface area contributed by atoms with E-state index in [0.29, 0.717) is 12.5 Å². The molecule has 0 unspecified atom stereocenters. The highest BCUT2D eigenvalue weighted by molar-refractivity contribution is 5.70. The van der Waals surface area contributed by atoms with Crippen LogP contribution in [0.5, 0.6) is 0 Å². The molecule has 1 heterocycles. The number of amides is 1. The summed E-state index contributed by atoms with van der Waals surface area (Å²) in [6.07, 6.45) is 6.77. The van der Waals surface area contributed by atoms with Crippen molar-refractivity contribution in [3.63, 3.8) is 0 Å². The van der Waals surface area contributed by atoms with Crippen LogP contribution in [0.25, 0.3) is 0 Å². The van der Waals surface area contributed by atoms with Gasteiger partial charge in [-0.05, 0) is 30.7 Å². The topological polar surface area (TPSA) is 67.6 Å². The van der Waals surface area contributed by atoms with E-state index in [0.717, 1.165) is 13.0 Å². The SMILES string of the molecule is NN(CC1CCCCC1)C[C@@H]1OC(=O)N[C@H]1Cc1ccccc1. The first-order chi connectivity index (χ1) is 11.2. The highest BCUT2D eigenvalue weighted by Gasteiger charge is 2.35. The fourth-order valence-electron chi connectivity index (χ4n) is 3.72. The van der Waals surface area contributed by atoms with E-state index in [-0.39, 0.29) is 18.2 Å². The van der Waals surface area contributed by atoms with Crippen LogP contribution in [0.3, 0.4) is 0 Å². The van der Waals surface area contributed by atoms with Gasteiger partial charge in [-0.2, -0.15) is 0 Å². The monoisotopic (exact) mass is 317 g/mol. The number of carbonyl (C=O) groups excluding carboxylic acids is 1. The number of benzene rings is 1. The van der Waals surface area contributed by atoms with Crippen molar-refractivity contribution < 1.29 is 9.53 Å². The molecule has 5 nitrogen and oxygen atoms in total. The van der Waals surface area contributed by atoms with Gasteiger partial charge in [0.2, 0.25) is 0 Å². The summed E-state index contributed by atoms with van der Waals surface area (Å²) in [6.45, 7) is 1.48. The normalized spacial score (nSPS) is 25.4. The highest BCUT2D eigenvalue weighted by atomic mass is 16.6. The van der Waals surface area contributed by atoms with Gasteiger partial charge in [-0.3, -0.25) is 5.84 Å². The Hall–Kier alpha value is -1.59. The largest absolute Gasteiger partial charge is 0.443 e. The van der Waals surface area contributed by atoms with Crippen LogP contribution in [0.1, 0.15) is 37.7 Å². The summed E-state index contributed by atoms with van der Waals surface area (Å²) < 4.78 is 5.43. The van der Waals surface area contributed by atoms with Gasteiger partial charge in [0.15, 0.2) is 0 Å². The zero-order valence-corrected chi connectivity index (χ0v) is 13.6. The molecule has 3 N–H and O–H groups in total. The number of hydrogen-bond donors (Lipinski definition) is 2. The minimum absolute atomic E-state index is 0.0118. The van der Waals surface area contributed by atoms with Crippen molar-refractivity contribution in [2.24, 2.45) is 11.8 Å². The van der Waals surface area contributed by atoms with Crippen LogP contribution in [0.2, 0.25) is 0 Å². The Bertz CT molecular complexity index is 502. The lowest BCUT2D eigenvalue weighted by Crippen LogP contribution is -2.46. The Morgan fingerprint density at radius 2 is 1.87 bits per heavy atom. The van der Waals surface area contributed by atoms with Gasteiger partial charge in [0.1, 0.15) is 6.10 Å². The number of alkyl carbamates (subject to hydrolysis) is 1. The third kappa shape index (κ3) is 4.69. The van der Waals surface area contributed by atoms with Crippen molar-refractivity contribution in [2.45, 2.75) is 50.7 Å². The summed E-state index contributed by atoms with van der Waals surface area (Å²) in [5.74, 6) is 6.89. The molecular formula is C18H27N3O2. The van der Waals surface area contributed by atoms with Crippen molar-refractivity contribution in [1.29, 1.82) is 0 Å². The summed E-state index contributed by atoms with van der Waals surface area (Å²) in [4.78, 5) is 11.6. The first kappa shape index (κ1) is 16.3. The smallest absolute Gasteiger partial charge is 0.407 e. The van der Waals surface area contributed by atoms with E-state index in [1.165, 1.54) is 37.7 Å². The number of nitrogens with two attached hydrogens (primary N) is 1. The second-order valence-corrected chi connectivity index (χ2v) is 6.84. The molecule has 0 aromatic heterocycles. The summed E-state index contributed by atoms with van der Waals surface area (Å²) in [6, 6.07) is 10.2. The molecule has 0 bridgehead atoms. The predicted octanol–water partition coefficient (Wildman–Crippen LogP) is 2.46. The van der Waals surface area contributed by atoms with Gasteiger partial charge in [-0.1, -0.05) is 49.6 Å². The standard InChI is InChI=1S/C18H27N3O2/c19-21(12-15-9-5-2-6-10-15)13-17-16(20-18(22)23-17)11-14-7-3-1-4-8-14/h1,3-4,7-8,15-17H,2,5-6,9-13,19H2,(H,20,22)/t16-,17-/m0/s1. The molecule has 2 atom stereocenters. The van der Waals surface area contributed by atoms with Crippen LogP contribution in [-0.4, -0.2) is 36.3 Å². The van der Waals surface area contributed by atoms with E-state index in [4.69, 9.17) is 10.6 Å². The van der Waals surface area contributed by atoms with E-state index in [9.17, 15) is 4.79 Å². The maximum absolute atomic E-state index is 11.6. The minimum Gasteiger partial charge on any atom is -0.443 e. The number of hydrogen-bond acceptors (Lipinski definition) is 4. The molecule has 1 aliphatic heterocycles. The van der Waals surface area contributed by atoms with Crippen LogP contribution in [0.15, 0.2) is 30.3 Å². The summed E-state index contributed by atoms with van der Waals surface area (Å²) in [5, 5.41) is 4.76. The van der Waals surface area contributed by atoms with Crippen molar-refractivity contribution in [3.05, 3.63) is 35.9 Å². The Balaban J connectivity index is 1.53. The maximum Gasteiger partial charge on any atom is 0.407 e. The highest BCUT2D eigenvalue weighted by Crippen LogP contribution is 2.24. The third-order valence-electron chi connectivity index (χ3n) is 4.94. The second kappa shape index (κ2) is 7.79. The van der Waals surface area contributed by atoms with Gasteiger partial charge in [-0.15, -0.1) is 0 Å². The molecule has 1 aromatic carbocycles. The summed E-state index contributed by atoms with van der Waals surface area (Å²) in [7, 11) is 0. The molecule has 2 aliphatic rings. The average molecular weight is 317 g/mol. The van der Waals surface area contributed by atoms with Crippen molar-refractivity contribution >= 4 is 6.09 Å². The number of carbonyl (C=O) groups is 1. The molecule has 1 saturated carbocycles. The molecule has 1 aliphatic carbocycles. The van der Waals surface area contributed by atoms with E-state index in [1.807, 2.05) is 23.2 Å². The molecular weight excluding hydrogens is 290 g/mol. The number of nitrogens with zero attached hydrogens (tertiary/aromatic N) is 1. The molecule has 0 spiro atoms. The fraction of sp³-hybridized carbons (Fsp3) is 0.611. The third-order valence-corrected chi connectivity index (χ3v) is 4.94. The maximum atomic E-state index is 11.6. The van der Waals surface area contributed by atoms with Crippen molar-refractivity contribution in [2.75, 3.05) is 13.1 Å². The molecule has 1 amide bonds. The molecule has 1 aromatic rings. The van der Waals surface area contributed by atoms with Crippen LogP contribution in [-0.2, 0) is 11.2 Å². The Kier molecular flexibility index (Phi) is 5.51.